The summed E-state index contributed by atoms with van der Waals surface area (Å²) in [6.45, 7) is 5.50. The Morgan fingerprint density at radius 1 is 1.21 bits per heavy atom. The summed E-state index contributed by atoms with van der Waals surface area (Å²) in [4.78, 5) is 12.1. The number of ether oxygens (including phenoxy) is 1. The molecule has 0 aliphatic heterocycles. The standard InChI is InChI=1S/C20H23N5O3/c1-4-19-22-23-24-25(19)17-9-16(15-7-5-13(2)6-8-15)10-18(11-17)28-20(27)21-14(3)12-26/h5-11,14,26H,4,12H2,1-3H3,(H,21,27). The topological polar surface area (TPSA) is 102 Å². The highest BCUT2D eigenvalue weighted by Crippen LogP contribution is 2.28. The minimum atomic E-state index is -0.638. The van der Waals surface area contributed by atoms with E-state index in [0.29, 0.717) is 23.7 Å². The van der Waals surface area contributed by atoms with Crippen molar-refractivity contribution < 1.29 is 14.6 Å². The fourth-order valence-electron chi connectivity index (χ4n) is 2.69. The van der Waals surface area contributed by atoms with E-state index in [1.165, 1.54) is 0 Å². The quantitative estimate of drug-likeness (QED) is 0.681. The average molecular weight is 381 g/mol. The molecule has 1 atom stereocenters. The van der Waals surface area contributed by atoms with Crippen molar-refractivity contribution in [1.82, 2.24) is 25.5 Å². The van der Waals surface area contributed by atoms with Crippen LogP contribution >= 0.6 is 0 Å². The molecule has 0 fully saturated rings. The number of amides is 1. The van der Waals surface area contributed by atoms with Gasteiger partial charge in [0.25, 0.3) is 0 Å². The lowest BCUT2D eigenvalue weighted by atomic mass is 10.0. The average Bonchev–Trinajstić information content (AvgIpc) is 3.17. The summed E-state index contributed by atoms with van der Waals surface area (Å²) < 4.78 is 7.07. The zero-order valence-electron chi connectivity index (χ0n) is 16.1. The molecule has 0 radical (unpaired) electrons. The fraction of sp³-hybridized carbons (Fsp3) is 0.300. The largest absolute Gasteiger partial charge is 0.412 e. The van der Waals surface area contributed by atoms with Crippen LogP contribution in [0.4, 0.5) is 4.79 Å². The third kappa shape index (κ3) is 4.52. The van der Waals surface area contributed by atoms with Gasteiger partial charge in [-0.1, -0.05) is 36.8 Å². The SMILES string of the molecule is CCc1nnnn1-c1cc(OC(=O)NC(C)CO)cc(-c2ccc(C)cc2)c1. The van der Waals surface area contributed by atoms with Crippen molar-refractivity contribution in [3.8, 4) is 22.6 Å². The van der Waals surface area contributed by atoms with E-state index < -0.39 is 12.1 Å². The van der Waals surface area contributed by atoms with E-state index in [4.69, 9.17) is 9.84 Å². The van der Waals surface area contributed by atoms with Crippen LogP contribution in [0, 0.1) is 6.92 Å². The molecule has 8 heteroatoms. The fourth-order valence-corrected chi connectivity index (χ4v) is 2.69. The van der Waals surface area contributed by atoms with E-state index in [9.17, 15) is 4.79 Å². The Labute approximate surface area is 163 Å². The summed E-state index contributed by atoms with van der Waals surface area (Å²) in [5.74, 6) is 1.05. The molecule has 3 aromatic rings. The van der Waals surface area contributed by atoms with E-state index >= 15 is 0 Å². The smallest absolute Gasteiger partial charge is 0.410 e. The number of nitrogens with one attached hydrogen (secondary N) is 1. The summed E-state index contributed by atoms with van der Waals surface area (Å²) >= 11 is 0. The molecule has 8 nitrogen and oxygen atoms in total. The molecule has 0 saturated carbocycles. The summed E-state index contributed by atoms with van der Waals surface area (Å²) in [5, 5.41) is 23.5. The number of hydrogen-bond acceptors (Lipinski definition) is 6. The van der Waals surface area contributed by atoms with Gasteiger partial charge < -0.3 is 15.2 Å². The predicted molar refractivity (Wildman–Crippen MR) is 104 cm³/mol. The molecular weight excluding hydrogens is 358 g/mol. The number of carbonyl (C=O) groups is 1. The number of nitrogens with zero attached hydrogens (tertiary/aromatic N) is 4. The van der Waals surface area contributed by atoms with Crippen molar-refractivity contribution >= 4 is 6.09 Å². The molecule has 0 saturated heterocycles. The van der Waals surface area contributed by atoms with Gasteiger partial charge in [-0.15, -0.1) is 5.10 Å². The molecule has 2 N–H and O–H groups in total. The van der Waals surface area contributed by atoms with Gasteiger partial charge in [0.05, 0.1) is 18.3 Å². The molecule has 1 unspecified atom stereocenters. The normalized spacial score (nSPS) is 11.9. The first-order valence-corrected chi connectivity index (χ1v) is 9.09. The van der Waals surface area contributed by atoms with Gasteiger partial charge in [-0.3, -0.25) is 0 Å². The minimum absolute atomic E-state index is 0.172. The van der Waals surface area contributed by atoms with Gasteiger partial charge >= 0.3 is 6.09 Å². The van der Waals surface area contributed by atoms with Gasteiger partial charge in [0.1, 0.15) is 5.75 Å². The second-order valence-electron chi connectivity index (χ2n) is 6.56. The van der Waals surface area contributed by atoms with Crippen LogP contribution in [0.15, 0.2) is 42.5 Å². The van der Waals surface area contributed by atoms with Crippen LogP contribution in [0.25, 0.3) is 16.8 Å². The number of aliphatic hydroxyl groups excluding tert-OH is 1. The molecule has 28 heavy (non-hydrogen) atoms. The maximum absolute atomic E-state index is 12.1. The summed E-state index contributed by atoms with van der Waals surface area (Å²) in [6.07, 6.45) is 0.0212. The number of hydrogen-bond donors (Lipinski definition) is 2. The van der Waals surface area contributed by atoms with Crippen LogP contribution in [0.3, 0.4) is 0 Å². The minimum Gasteiger partial charge on any atom is -0.410 e. The van der Waals surface area contributed by atoms with Crippen molar-refractivity contribution in [2.45, 2.75) is 33.2 Å². The predicted octanol–water partition coefficient (Wildman–Crippen LogP) is 2.67. The third-order valence-electron chi connectivity index (χ3n) is 4.22. The number of rotatable bonds is 6. The first-order valence-electron chi connectivity index (χ1n) is 9.09. The molecule has 2 aromatic carbocycles. The lowest BCUT2D eigenvalue weighted by molar-refractivity contribution is 0.186. The number of benzene rings is 2. The number of tetrazole rings is 1. The molecular formula is C20H23N5O3. The highest BCUT2D eigenvalue weighted by Gasteiger charge is 2.14. The molecule has 1 amide bonds. The van der Waals surface area contributed by atoms with Crippen LogP contribution in [-0.2, 0) is 6.42 Å². The van der Waals surface area contributed by atoms with Gasteiger partial charge in [-0.2, -0.15) is 4.68 Å². The highest BCUT2D eigenvalue weighted by atomic mass is 16.6. The maximum atomic E-state index is 12.1. The van der Waals surface area contributed by atoms with Gasteiger partial charge in [-0.25, -0.2) is 4.79 Å². The summed E-state index contributed by atoms with van der Waals surface area (Å²) in [5.41, 5.74) is 3.70. The highest BCUT2D eigenvalue weighted by molar-refractivity contribution is 5.74. The Hall–Kier alpha value is -3.26. The lowest BCUT2D eigenvalue weighted by Gasteiger charge is -2.14. The number of carbonyl (C=O) groups excluding carboxylic acids is 1. The molecule has 1 heterocycles. The van der Waals surface area contributed by atoms with Gasteiger partial charge in [0.2, 0.25) is 0 Å². The van der Waals surface area contributed by atoms with Crippen molar-refractivity contribution in [1.29, 1.82) is 0 Å². The third-order valence-corrected chi connectivity index (χ3v) is 4.22. The van der Waals surface area contributed by atoms with E-state index in [1.54, 1.807) is 23.7 Å². The lowest BCUT2D eigenvalue weighted by Crippen LogP contribution is -2.37. The molecule has 0 spiro atoms. The Balaban J connectivity index is 2.01. The Morgan fingerprint density at radius 2 is 1.96 bits per heavy atom. The molecule has 3 rings (SSSR count). The number of aliphatic hydroxyl groups is 1. The van der Waals surface area contributed by atoms with E-state index in [2.05, 4.69) is 20.8 Å². The first kappa shape index (κ1) is 19.5. The van der Waals surface area contributed by atoms with Gasteiger partial charge in [0.15, 0.2) is 5.82 Å². The van der Waals surface area contributed by atoms with E-state index in [1.807, 2.05) is 44.2 Å². The Kier molecular flexibility index (Phi) is 6.00. The van der Waals surface area contributed by atoms with Crippen molar-refractivity contribution in [2.24, 2.45) is 0 Å². The molecule has 0 aliphatic carbocycles. The Bertz CT molecular complexity index is 953. The second kappa shape index (κ2) is 8.62. The molecule has 1 aromatic heterocycles. The molecule has 0 aliphatic rings. The zero-order chi connectivity index (χ0) is 20.1. The molecule has 0 bridgehead atoms. The van der Waals surface area contributed by atoms with Gasteiger partial charge in [0, 0.05) is 12.5 Å². The molecule has 146 valence electrons. The van der Waals surface area contributed by atoms with Crippen LogP contribution in [-0.4, -0.2) is 44.1 Å². The zero-order valence-corrected chi connectivity index (χ0v) is 16.1. The number of aromatic nitrogens is 4. The van der Waals surface area contributed by atoms with Crippen molar-refractivity contribution in [3.05, 3.63) is 53.9 Å². The van der Waals surface area contributed by atoms with Crippen molar-refractivity contribution in [2.75, 3.05) is 6.61 Å². The van der Waals surface area contributed by atoms with Crippen LogP contribution in [0.5, 0.6) is 5.75 Å². The van der Waals surface area contributed by atoms with E-state index in [0.717, 1.165) is 16.7 Å². The number of aryl methyl sites for hydroxylation is 2. The van der Waals surface area contributed by atoms with Gasteiger partial charge in [-0.05, 0) is 47.5 Å². The summed E-state index contributed by atoms with van der Waals surface area (Å²) in [6, 6.07) is 13.1. The van der Waals surface area contributed by atoms with Crippen LogP contribution in [0.2, 0.25) is 0 Å². The maximum Gasteiger partial charge on any atom is 0.412 e. The van der Waals surface area contributed by atoms with E-state index in [-0.39, 0.29) is 6.61 Å². The monoisotopic (exact) mass is 381 g/mol. The van der Waals surface area contributed by atoms with Crippen LogP contribution < -0.4 is 10.1 Å². The summed E-state index contributed by atoms with van der Waals surface area (Å²) in [7, 11) is 0. The first-order chi connectivity index (χ1) is 13.5. The van der Waals surface area contributed by atoms with Crippen molar-refractivity contribution in [3.63, 3.8) is 0 Å². The Morgan fingerprint density at radius 3 is 2.64 bits per heavy atom. The second-order valence-corrected chi connectivity index (χ2v) is 6.56. The van der Waals surface area contributed by atoms with Crippen LogP contribution in [0.1, 0.15) is 25.2 Å².